The van der Waals surface area contributed by atoms with Crippen LogP contribution in [-0.2, 0) is 11.2 Å². The Balaban J connectivity index is 1.59. The van der Waals surface area contributed by atoms with Gasteiger partial charge in [-0.1, -0.05) is 30.0 Å². The quantitative estimate of drug-likeness (QED) is 0.606. The Morgan fingerprint density at radius 1 is 1.25 bits per heavy atom. The number of nitriles is 1. The summed E-state index contributed by atoms with van der Waals surface area (Å²) in [5, 5.41) is 11.1. The van der Waals surface area contributed by atoms with E-state index in [-0.39, 0.29) is 17.7 Å². The largest absolute Gasteiger partial charge is 0.308 e. The molecule has 0 saturated carbocycles. The Labute approximate surface area is 169 Å². The van der Waals surface area contributed by atoms with Gasteiger partial charge in [0, 0.05) is 17.1 Å². The number of aryl methyl sites for hydroxylation is 2. The predicted octanol–water partition coefficient (Wildman–Crippen LogP) is 4.79. The zero-order valence-electron chi connectivity index (χ0n) is 16.2. The molecule has 5 heteroatoms. The minimum Gasteiger partial charge on any atom is -0.308 e. The average molecular weight is 388 g/mol. The fourth-order valence-electron chi connectivity index (χ4n) is 3.76. The van der Waals surface area contributed by atoms with Crippen molar-refractivity contribution in [1.29, 1.82) is 5.26 Å². The number of nitrogens with zero attached hydrogens (tertiary/aromatic N) is 3. The highest BCUT2D eigenvalue weighted by atomic mass is 32.2. The van der Waals surface area contributed by atoms with Crippen LogP contribution in [0.4, 0.5) is 5.69 Å². The Hall–Kier alpha value is -2.84. The number of carbonyl (C=O) groups excluding carboxylic acids is 1. The smallest absolute Gasteiger partial charge is 0.237 e. The van der Waals surface area contributed by atoms with E-state index in [2.05, 4.69) is 44.0 Å². The van der Waals surface area contributed by atoms with Gasteiger partial charge in [-0.15, -0.1) is 0 Å². The Morgan fingerprint density at radius 3 is 2.79 bits per heavy atom. The summed E-state index contributed by atoms with van der Waals surface area (Å²) in [5.74, 6) is 0.310. The van der Waals surface area contributed by atoms with E-state index in [1.807, 2.05) is 35.2 Å². The first-order chi connectivity index (χ1) is 13.5. The van der Waals surface area contributed by atoms with Gasteiger partial charge in [0.15, 0.2) is 0 Å². The molecule has 0 radical (unpaired) electrons. The summed E-state index contributed by atoms with van der Waals surface area (Å²) in [4.78, 5) is 19.5. The van der Waals surface area contributed by atoms with Crippen molar-refractivity contribution < 1.29 is 4.79 Å². The molecule has 0 spiro atoms. The Morgan fingerprint density at radius 2 is 2.00 bits per heavy atom. The second-order valence-electron chi connectivity index (χ2n) is 7.32. The van der Waals surface area contributed by atoms with E-state index in [4.69, 9.17) is 0 Å². The number of aromatic nitrogens is 1. The summed E-state index contributed by atoms with van der Waals surface area (Å²) in [6.07, 6.45) is 0.878. The van der Waals surface area contributed by atoms with Crippen LogP contribution in [0.25, 0.3) is 10.9 Å². The molecule has 1 aliphatic rings. The summed E-state index contributed by atoms with van der Waals surface area (Å²) >= 11 is 1.34. The first kappa shape index (κ1) is 18.5. The number of amides is 1. The van der Waals surface area contributed by atoms with Gasteiger partial charge in [0.25, 0.3) is 0 Å². The molecule has 0 bridgehead atoms. The number of benzene rings is 2. The number of pyridine rings is 1. The lowest BCUT2D eigenvalue weighted by Crippen LogP contribution is -2.37. The lowest BCUT2D eigenvalue weighted by Gasteiger charge is -2.22. The summed E-state index contributed by atoms with van der Waals surface area (Å²) in [5.41, 5.74) is 5.93. The van der Waals surface area contributed by atoms with E-state index < -0.39 is 0 Å². The second-order valence-corrected chi connectivity index (χ2v) is 8.28. The van der Waals surface area contributed by atoms with Crippen LogP contribution in [0.15, 0.2) is 47.5 Å². The summed E-state index contributed by atoms with van der Waals surface area (Å²) in [7, 11) is 0. The van der Waals surface area contributed by atoms with Crippen molar-refractivity contribution in [3.05, 3.63) is 64.7 Å². The summed E-state index contributed by atoms with van der Waals surface area (Å²) < 4.78 is 0. The number of anilines is 1. The second kappa shape index (κ2) is 7.29. The van der Waals surface area contributed by atoms with Crippen molar-refractivity contribution in [3.63, 3.8) is 0 Å². The highest BCUT2D eigenvalue weighted by Gasteiger charge is 2.30. The molecule has 1 unspecified atom stereocenters. The molecular weight excluding hydrogens is 366 g/mol. The molecule has 0 aliphatic carbocycles. The Bertz CT molecular complexity index is 1130. The van der Waals surface area contributed by atoms with Gasteiger partial charge >= 0.3 is 0 Å². The summed E-state index contributed by atoms with van der Waals surface area (Å²) in [6, 6.07) is 16.4. The van der Waals surface area contributed by atoms with Gasteiger partial charge in [0.2, 0.25) is 5.91 Å². The van der Waals surface area contributed by atoms with E-state index in [0.717, 1.165) is 23.0 Å². The number of rotatable bonds is 3. The number of thioether (sulfide) groups is 1. The SMILES string of the molecule is Cc1cc2cc(C#N)c(SCC(=O)N3c4ccccc4CC3C)nc2cc1C. The minimum absolute atomic E-state index is 0.0494. The van der Waals surface area contributed by atoms with Crippen LogP contribution in [0.5, 0.6) is 0 Å². The highest BCUT2D eigenvalue weighted by Crippen LogP contribution is 2.33. The van der Waals surface area contributed by atoms with Crippen molar-refractivity contribution >= 4 is 34.3 Å². The van der Waals surface area contributed by atoms with Crippen LogP contribution in [0.2, 0.25) is 0 Å². The zero-order chi connectivity index (χ0) is 19.8. The number of hydrogen-bond acceptors (Lipinski definition) is 4. The lowest BCUT2D eigenvalue weighted by atomic mass is 10.1. The normalized spacial score (nSPS) is 15.5. The van der Waals surface area contributed by atoms with Crippen LogP contribution in [0.3, 0.4) is 0 Å². The molecule has 1 amide bonds. The number of carbonyl (C=O) groups is 1. The number of para-hydroxylation sites is 1. The monoisotopic (exact) mass is 387 g/mol. The van der Waals surface area contributed by atoms with Crippen molar-refractivity contribution in [2.24, 2.45) is 0 Å². The molecule has 4 nitrogen and oxygen atoms in total. The van der Waals surface area contributed by atoms with Gasteiger partial charge in [-0.3, -0.25) is 4.79 Å². The van der Waals surface area contributed by atoms with E-state index >= 15 is 0 Å². The molecular formula is C23H21N3OS. The maximum Gasteiger partial charge on any atom is 0.237 e. The average Bonchev–Trinajstić information content (AvgIpc) is 3.02. The molecule has 140 valence electrons. The van der Waals surface area contributed by atoms with Crippen molar-refractivity contribution in [1.82, 2.24) is 4.98 Å². The Kier molecular flexibility index (Phi) is 4.82. The molecule has 0 N–H and O–H groups in total. The van der Waals surface area contributed by atoms with Gasteiger partial charge < -0.3 is 4.90 Å². The minimum atomic E-state index is 0.0494. The third-order valence-corrected chi connectivity index (χ3v) is 6.30. The molecule has 4 rings (SSSR count). The van der Waals surface area contributed by atoms with Crippen LogP contribution >= 0.6 is 11.8 Å². The van der Waals surface area contributed by atoms with Crippen LogP contribution in [0, 0.1) is 25.2 Å². The van der Waals surface area contributed by atoms with E-state index in [1.165, 1.54) is 28.5 Å². The van der Waals surface area contributed by atoms with Gasteiger partial charge in [-0.2, -0.15) is 5.26 Å². The van der Waals surface area contributed by atoms with E-state index in [9.17, 15) is 10.1 Å². The molecule has 0 fully saturated rings. The maximum atomic E-state index is 12.9. The number of hydrogen-bond donors (Lipinski definition) is 0. The molecule has 3 aromatic rings. The third-order valence-electron chi connectivity index (χ3n) is 5.32. The van der Waals surface area contributed by atoms with Gasteiger partial charge in [-0.25, -0.2) is 4.98 Å². The fourth-order valence-corrected chi connectivity index (χ4v) is 4.58. The lowest BCUT2D eigenvalue weighted by molar-refractivity contribution is -0.116. The molecule has 1 atom stereocenters. The highest BCUT2D eigenvalue weighted by molar-refractivity contribution is 8.00. The summed E-state index contributed by atoms with van der Waals surface area (Å²) in [6.45, 7) is 6.18. The first-order valence-corrected chi connectivity index (χ1v) is 10.3. The molecule has 2 aromatic carbocycles. The van der Waals surface area contributed by atoms with Gasteiger partial charge in [0.05, 0.1) is 16.8 Å². The molecule has 28 heavy (non-hydrogen) atoms. The van der Waals surface area contributed by atoms with Crippen molar-refractivity contribution in [2.75, 3.05) is 10.7 Å². The topological polar surface area (TPSA) is 57.0 Å². The molecule has 2 heterocycles. The van der Waals surface area contributed by atoms with Crippen LogP contribution in [-0.4, -0.2) is 22.7 Å². The van der Waals surface area contributed by atoms with Gasteiger partial charge in [-0.05, 0) is 68.1 Å². The molecule has 0 saturated heterocycles. The van der Waals surface area contributed by atoms with E-state index in [0.29, 0.717) is 10.6 Å². The van der Waals surface area contributed by atoms with Crippen molar-refractivity contribution in [2.45, 2.75) is 38.3 Å². The van der Waals surface area contributed by atoms with Crippen LogP contribution < -0.4 is 4.90 Å². The fraction of sp³-hybridized carbons (Fsp3) is 0.261. The van der Waals surface area contributed by atoms with Crippen molar-refractivity contribution in [3.8, 4) is 6.07 Å². The predicted molar refractivity (Wildman–Crippen MR) is 114 cm³/mol. The zero-order valence-corrected chi connectivity index (χ0v) is 17.0. The maximum absolute atomic E-state index is 12.9. The molecule has 1 aromatic heterocycles. The third kappa shape index (κ3) is 3.25. The standard InChI is InChI=1S/C23H21N3OS/c1-14-8-18-11-19(12-24)23(25-20(18)9-15(14)2)28-13-22(27)26-16(3)10-17-6-4-5-7-21(17)26/h4-9,11,16H,10,13H2,1-3H3. The van der Waals surface area contributed by atoms with Gasteiger partial charge in [0.1, 0.15) is 11.1 Å². The van der Waals surface area contributed by atoms with E-state index in [1.54, 1.807) is 0 Å². The first-order valence-electron chi connectivity index (χ1n) is 9.33. The van der Waals surface area contributed by atoms with Crippen LogP contribution in [0.1, 0.15) is 29.2 Å². The molecule has 1 aliphatic heterocycles. The number of fused-ring (bicyclic) bond motifs is 2.